The van der Waals surface area contributed by atoms with E-state index in [9.17, 15) is 42.5 Å². The van der Waals surface area contributed by atoms with Crippen LogP contribution >= 0.6 is 0 Å². The molecule has 0 radical (unpaired) electrons. The Labute approximate surface area is 228 Å². The fourth-order valence-corrected chi connectivity index (χ4v) is 3.73. The Morgan fingerprint density at radius 2 is 1.73 bits per heavy atom. The molecule has 11 nitrogen and oxygen atoms in total. The molecule has 4 amide bonds. The van der Waals surface area contributed by atoms with E-state index in [4.69, 9.17) is 9.47 Å². The smallest absolute Gasteiger partial charge is 0.416 e. The number of imide groups is 2. The van der Waals surface area contributed by atoms with Crippen LogP contribution < -0.4 is 19.7 Å². The lowest BCUT2D eigenvalue weighted by atomic mass is 10.1. The standard InChI is InChI=1S/C27H18F3N3O8/c1-2-40-22-13-15(6-11-21(22)41-25(36)16-7-9-18(10-8-16)33(38)39)12-20-23(34)31-26(37)32(24(20)35)19-5-3-4-17(14-19)27(28,29)30/h3-14H,2H2,1H3,(H,31,34,37)/b20-12+. The van der Waals surface area contributed by atoms with Crippen LogP contribution in [-0.4, -0.2) is 35.3 Å². The molecule has 0 saturated carbocycles. The van der Waals surface area contributed by atoms with Crippen molar-refractivity contribution in [1.82, 2.24) is 5.32 Å². The Morgan fingerprint density at radius 1 is 1.02 bits per heavy atom. The average Bonchev–Trinajstić information content (AvgIpc) is 2.92. The predicted octanol–water partition coefficient (Wildman–Crippen LogP) is 4.90. The minimum Gasteiger partial charge on any atom is -0.490 e. The molecule has 210 valence electrons. The van der Waals surface area contributed by atoms with Gasteiger partial charge in [-0.2, -0.15) is 13.2 Å². The zero-order valence-electron chi connectivity index (χ0n) is 20.9. The van der Waals surface area contributed by atoms with Gasteiger partial charge >= 0.3 is 18.2 Å². The van der Waals surface area contributed by atoms with Gasteiger partial charge in [0.25, 0.3) is 17.5 Å². The van der Waals surface area contributed by atoms with E-state index in [-0.39, 0.29) is 34.9 Å². The second-order valence-electron chi connectivity index (χ2n) is 8.34. The summed E-state index contributed by atoms with van der Waals surface area (Å²) >= 11 is 0. The highest BCUT2D eigenvalue weighted by Gasteiger charge is 2.38. The molecule has 14 heteroatoms. The highest BCUT2D eigenvalue weighted by molar-refractivity contribution is 6.39. The summed E-state index contributed by atoms with van der Waals surface area (Å²) in [6, 6.07) is 11.0. The zero-order valence-corrected chi connectivity index (χ0v) is 20.9. The van der Waals surface area contributed by atoms with Crippen molar-refractivity contribution >= 4 is 41.3 Å². The lowest BCUT2D eigenvalue weighted by Gasteiger charge is -2.27. The number of ether oxygens (including phenoxy) is 2. The van der Waals surface area contributed by atoms with Gasteiger partial charge < -0.3 is 9.47 Å². The Kier molecular flexibility index (Phi) is 7.85. The molecule has 1 saturated heterocycles. The second-order valence-corrected chi connectivity index (χ2v) is 8.34. The molecule has 1 aliphatic rings. The number of anilines is 1. The number of carbonyl (C=O) groups is 4. The highest BCUT2D eigenvalue weighted by atomic mass is 19.4. The minimum absolute atomic E-state index is 0.0214. The van der Waals surface area contributed by atoms with Gasteiger partial charge in [-0.15, -0.1) is 0 Å². The van der Waals surface area contributed by atoms with E-state index in [1.165, 1.54) is 30.3 Å². The van der Waals surface area contributed by atoms with E-state index in [0.717, 1.165) is 36.4 Å². The molecule has 0 unspecified atom stereocenters. The molecule has 1 heterocycles. The average molecular weight is 569 g/mol. The van der Waals surface area contributed by atoms with E-state index in [2.05, 4.69) is 0 Å². The number of nitro benzene ring substituents is 1. The molecular formula is C27H18F3N3O8. The molecule has 0 atom stereocenters. The summed E-state index contributed by atoms with van der Waals surface area (Å²) in [4.78, 5) is 61.2. The molecule has 3 aromatic rings. The van der Waals surface area contributed by atoms with Crippen molar-refractivity contribution in [3.63, 3.8) is 0 Å². The molecule has 1 N–H and O–H groups in total. The van der Waals surface area contributed by atoms with Crippen LogP contribution in [0.5, 0.6) is 11.5 Å². The SMILES string of the molecule is CCOc1cc(/C=C2\C(=O)NC(=O)N(c3cccc(C(F)(F)F)c3)C2=O)ccc1OC(=O)c1ccc([N+](=O)[O-])cc1. The molecular weight excluding hydrogens is 551 g/mol. The van der Waals surface area contributed by atoms with Gasteiger partial charge in [0.2, 0.25) is 0 Å². The Balaban J connectivity index is 1.63. The first-order chi connectivity index (χ1) is 19.4. The van der Waals surface area contributed by atoms with E-state index in [1.54, 1.807) is 6.92 Å². The van der Waals surface area contributed by atoms with Crippen molar-refractivity contribution in [2.24, 2.45) is 0 Å². The normalized spacial score (nSPS) is 14.6. The molecule has 41 heavy (non-hydrogen) atoms. The van der Waals surface area contributed by atoms with Crippen molar-refractivity contribution in [1.29, 1.82) is 0 Å². The number of alkyl halides is 3. The number of nitrogens with one attached hydrogen (secondary N) is 1. The third kappa shape index (κ3) is 6.21. The topological polar surface area (TPSA) is 145 Å². The lowest BCUT2D eigenvalue weighted by Crippen LogP contribution is -2.54. The van der Waals surface area contributed by atoms with Crippen LogP contribution in [-0.2, 0) is 15.8 Å². The van der Waals surface area contributed by atoms with Gasteiger partial charge in [-0.05, 0) is 61.0 Å². The van der Waals surface area contributed by atoms with Crippen molar-refractivity contribution in [3.05, 3.63) is 99.1 Å². The predicted molar refractivity (Wildman–Crippen MR) is 136 cm³/mol. The van der Waals surface area contributed by atoms with Crippen molar-refractivity contribution < 1.29 is 46.7 Å². The van der Waals surface area contributed by atoms with Gasteiger partial charge in [0.15, 0.2) is 11.5 Å². The summed E-state index contributed by atoms with van der Waals surface area (Å²) < 4.78 is 50.4. The molecule has 1 fully saturated rings. The number of halogens is 3. The number of benzene rings is 3. The van der Waals surface area contributed by atoms with E-state index < -0.39 is 51.7 Å². The Hall–Kier alpha value is -5.53. The number of nitrogens with zero attached hydrogens (tertiary/aromatic N) is 2. The van der Waals surface area contributed by atoms with Gasteiger partial charge in [-0.3, -0.25) is 25.0 Å². The number of carbonyl (C=O) groups excluding carboxylic acids is 4. The maximum Gasteiger partial charge on any atom is 0.416 e. The van der Waals surface area contributed by atoms with E-state index in [0.29, 0.717) is 11.0 Å². The number of nitro groups is 1. The summed E-state index contributed by atoms with van der Waals surface area (Å²) in [6.07, 6.45) is -3.64. The number of amides is 4. The summed E-state index contributed by atoms with van der Waals surface area (Å²) in [5.74, 6) is -3.09. The first kappa shape index (κ1) is 28.5. The Morgan fingerprint density at radius 3 is 2.37 bits per heavy atom. The molecule has 1 aliphatic heterocycles. The summed E-state index contributed by atoms with van der Waals surface area (Å²) in [7, 11) is 0. The molecule has 3 aromatic carbocycles. The fraction of sp³-hybridized carbons (Fsp3) is 0.111. The van der Waals surface area contributed by atoms with Gasteiger partial charge in [0.05, 0.1) is 28.3 Å². The van der Waals surface area contributed by atoms with Crippen LogP contribution in [0, 0.1) is 10.1 Å². The van der Waals surface area contributed by atoms with Gasteiger partial charge in [-0.1, -0.05) is 12.1 Å². The van der Waals surface area contributed by atoms with Gasteiger partial charge in [0, 0.05) is 12.1 Å². The monoisotopic (exact) mass is 569 g/mol. The number of hydrogen-bond acceptors (Lipinski definition) is 8. The molecule has 0 aromatic heterocycles. The number of rotatable bonds is 7. The number of esters is 1. The van der Waals surface area contributed by atoms with Gasteiger partial charge in [0.1, 0.15) is 5.57 Å². The second kappa shape index (κ2) is 11.3. The largest absolute Gasteiger partial charge is 0.490 e. The third-order valence-electron chi connectivity index (χ3n) is 5.63. The fourth-order valence-electron chi connectivity index (χ4n) is 3.73. The molecule has 0 spiro atoms. The number of barbiturate groups is 1. The van der Waals surface area contributed by atoms with Crippen molar-refractivity contribution in [2.45, 2.75) is 13.1 Å². The van der Waals surface area contributed by atoms with E-state index >= 15 is 0 Å². The maximum absolute atomic E-state index is 13.2. The summed E-state index contributed by atoms with van der Waals surface area (Å²) in [6.45, 7) is 1.77. The van der Waals surface area contributed by atoms with E-state index in [1.807, 2.05) is 5.32 Å². The van der Waals surface area contributed by atoms with Crippen LogP contribution in [0.15, 0.2) is 72.3 Å². The van der Waals surface area contributed by atoms with Crippen LogP contribution in [0.1, 0.15) is 28.4 Å². The van der Waals surface area contributed by atoms with Crippen LogP contribution in [0.25, 0.3) is 6.08 Å². The number of urea groups is 1. The number of non-ortho nitro benzene ring substituents is 1. The van der Waals surface area contributed by atoms with Crippen LogP contribution in [0.3, 0.4) is 0 Å². The molecule has 0 bridgehead atoms. The zero-order chi connectivity index (χ0) is 29.9. The Bertz CT molecular complexity index is 1600. The highest BCUT2D eigenvalue weighted by Crippen LogP contribution is 2.34. The quantitative estimate of drug-likeness (QED) is 0.106. The van der Waals surface area contributed by atoms with Crippen LogP contribution in [0.2, 0.25) is 0 Å². The van der Waals surface area contributed by atoms with Crippen LogP contribution in [0.4, 0.5) is 29.3 Å². The van der Waals surface area contributed by atoms with Crippen molar-refractivity contribution in [2.75, 3.05) is 11.5 Å². The first-order valence-electron chi connectivity index (χ1n) is 11.7. The first-order valence-corrected chi connectivity index (χ1v) is 11.7. The lowest BCUT2D eigenvalue weighted by molar-refractivity contribution is -0.384. The molecule has 0 aliphatic carbocycles. The number of hydrogen-bond donors (Lipinski definition) is 1. The minimum atomic E-state index is -4.74. The summed E-state index contributed by atoms with van der Waals surface area (Å²) in [5.41, 5.74) is -2.06. The van der Waals surface area contributed by atoms with Crippen molar-refractivity contribution in [3.8, 4) is 11.5 Å². The molecule has 4 rings (SSSR count). The summed E-state index contributed by atoms with van der Waals surface area (Å²) in [5, 5.41) is 12.8. The maximum atomic E-state index is 13.2. The van der Waals surface area contributed by atoms with Gasteiger partial charge in [-0.25, -0.2) is 14.5 Å². The third-order valence-corrected chi connectivity index (χ3v) is 5.63.